The van der Waals surface area contributed by atoms with Gasteiger partial charge in [-0.3, -0.25) is 14.4 Å². The van der Waals surface area contributed by atoms with Crippen LogP contribution in [0.15, 0.2) is 24.3 Å². The van der Waals surface area contributed by atoms with E-state index in [1.807, 2.05) is 19.1 Å². The number of amides is 3. The van der Waals surface area contributed by atoms with Crippen LogP contribution in [-0.2, 0) is 16.0 Å². The molecule has 0 saturated carbocycles. The second-order valence-corrected chi connectivity index (χ2v) is 5.96. The van der Waals surface area contributed by atoms with Crippen molar-refractivity contribution in [2.24, 2.45) is 0 Å². The molecule has 1 aromatic carbocycles. The molecule has 2 rings (SSSR count). The van der Waals surface area contributed by atoms with Gasteiger partial charge in [-0.1, -0.05) is 25.1 Å². The van der Waals surface area contributed by atoms with Crippen LogP contribution < -0.4 is 10.2 Å². The zero-order chi connectivity index (χ0) is 16.1. The fourth-order valence-corrected chi connectivity index (χ4v) is 3.25. The molecule has 0 spiro atoms. The topological polar surface area (TPSA) is 86.7 Å². The quantitative estimate of drug-likeness (QED) is 0.825. The average molecular weight is 322 g/mol. The summed E-state index contributed by atoms with van der Waals surface area (Å²) in [5, 5.41) is 10.1. The number of hydrogen-bond donors (Lipinski definition) is 2. The second-order valence-electron chi connectivity index (χ2n) is 4.81. The predicted octanol–water partition coefficient (Wildman–Crippen LogP) is 1.32. The van der Waals surface area contributed by atoms with Gasteiger partial charge >= 0.3 is 0 Å². The zero-order valence-electron chi connectivity index (χ0n) is 12.2. The standard InChI is InChI=1S/C15H18N2O4S/c1-2-10-5-3-4-6-11(10)17-14(20)12(22-15(17)21)9-13(19)16-7-8-18/h3-6,12,18H,2,7-9H2,1H3,(H,16,19). The van der Waals surface area contributed by atoms with Crippen LogP contribution in [-0.4, -0.2) is 40.6 Å². The Bertz CT molecular complexity index is 591. The lowest BCUT2D eigenvalue weighted by atomic mass is 10.1. The third kappa shape index (κ3) is 3.48. The molecule has 6 nitrogen and oxygen atoms in total. The Hall–Kier alpha value is -1.86. The molecule has 0 radical (unpaired) electrons. The Kier molecular flexibility index (Phi) is 5.57. The summed E-state index contributed by atoms with van der Waals surface area (Å²) in [5.41, 5.74) is 1.50. The summed E-state index contributed by atoms with van der Waals surface area (Å²) in [4.78, 5) is 37.4. The first-order chi connectivity index (χ1) is 10.6. The highest BCUT2D eigenvalue weighted by molar-refractivity contribution is 8.15. The first-order valence-electron chi connectivity index (χ1n) is 7.08. The summed E-state index contributed by atoms with van der Waals surface area (Å²) in [5.74, 6) is -0.714. The number of benzene rings is 1. The van der Waals surface area contributed by atoms with Crippen LogP contribution in [0.2, 0.25) is 0 Å². The highest BCUT2D eigenvalue weighted by Gasteiger charge is 2.42. The number of nitrogens with zero attached hydrogens (tertiary/aromatic N) is 1. The van der Waals surface area contributed by atoms with E-state index in [0.29, 0.717) is 12.1 Å². The van der Waals surface area contributed by atoms with E-state index in [2.05, 4.69) is 5.32 Å². The van der Waals surface area contributed by atoms with E-state index in [0.717, 1.165) is 22.2 Å². The Balaban J connectivity index is 2.13. The number of hydrogen-bond acceptors (Lipinski definition) is 5. The number of imide groups is 1. The van der Waals surface area contributed by atoms with Gasteiger partial charge in [0, 0.05) is 13.0 Å². The van der Waals surface area contributed by atoms with Gasteiger partial charge in [0.25, 0.3) is 5.24 Å². The molecule has 1 saturated heterocycles. The number of para-hydroxylation sites is 1. The van der Waals surface area contributed by atoms with Gasteiger partial charge in [-0.15, -0.1) is 0 Å². The Morgan fingerprint density at radius 1 is 1.36 bits per heavy atom. The Morgan fingerprint density at radius 3 is 2.77 bits per heavy atom. The average Bonchev–Trinajstić information content (AvgIpc) is 2.79. The van der Waals surface area contributed by atoms with Crippen molar-refractivity contribution >= 4 is 34.5 Å². The third-order valence-electron chi connectivity index (χ3n) is 3.34. The maximum atomic E-state index is 12.4. The van der Waals surface area contributed by atoms with Crippen molar-refractivity contribution in [2.75, 3.05) is 18.1 Å². The zero-order valence-corrected chi connectivity index (χ0v) is 13.1. The fourth-order valence-electron chi connectivity index (χ4n) is 2.27. The Labute approximate surface area is 132 Å². The fraction of sp³-hybridized carbons (Fsp3) is 0.400. The van der Waals surface area contributed by atoms with Crippen LogP contribution in [0.5, 0.6) is 0 Å². The summed E-state index contributed by atoms with van der Waals surface area (Å²) in [6, 6.07) is 7.26. The van der Waals surface area contributed by atoms with Gasteiger partial charge in [0.2, 0.25) is 11.8 Å². The minimum atomic E-state index is -0.712. The summed E-state index contributed by atoms with van der Waals surface area (Å²) in [6.45, 7) is 1.93. The highest BCUT2D eigenvalue weighted by atomic mass is 32.2. The molecule has 22 heavy (non-hydrogen) atoms. The van der Waals surface area contributed by atoms with Gasteiger partial charge in [0.15, 0.2) is 0 Å². The van der Waals surface area contributed by atoms with Crippen LogP contribution in [0.25, 0.3) is 0 Å². The number of aryl methyl sites for hydroxylation is 1. The monoisotopic (exact) mass is 322 g/mol. The minimum Gasteiger partial charge on any atom is -0.395 e. The van der Waals surface area contributed by atoms with E-state index >= 15 is 0 Å². The Morgan fingerprint density at radius 2 is 2.09 bits per heavy atom. The summed E-state index contributed by atoms with van der Waals surface area (Å²) in [6.07, 6.45) is 0.638. The summed E-state index contributed by atoms with van der Waals surface area (Å²) in [7, 11) is 0. The predicted molar refractivity (Wildman–Crippen MR) is 84.8 cm³/mol. The third-order valence-corrected chi connectivity index (χ3v) is 4.38. The van der Waals surface area contributed by atoms with Crippen molar-refractivity contribution in [1.82, 2.24) is 5.32 Å². The van der Waals surface area contributed by atoms with Crippen LogP contribution in [0, 0.1) is 0 Å². The summed E-state index contributed by atoms with van der Waals surface area (Å²) < 4.78 is 0. The molecule has 118 valence electrons. The molecular weight excluding hydrogens is 304 g/mol. The molecular formula is C15H18N2O4S. The number of thioether (sulfide) groups is 1. The molecule has 1 fully saturated rings. The first kappa shape index (κ1) is 16.5. The molecule has 1 atom stereocenters. The molecule has 3 amide bonds. The molecule has 1 aliphatic heterocycles. The molecule has 1 aliphatic rings. The number of nitrogens with one attached hydrogen (secondary N) is 1. The van der Waals surface area contributed by atoms with Crippen LogP contribution in [0.4, 0.5) is 10.5 Å². The molecule has 1 aromatic rings. The highest BCUT2D eigenvalue weighted by Crippen LogP contribution is 2.35. The van der Waals surface area contributed by atoms with Crippen molar-refractivity contribution in [3.05, 3.63) is 29.8 Å². The van der Waals surface area contributed by atoms with Crippen LogP contribution >= 0.6 is 11.8 Å². The van der Waals surface area contributed by atoms with E-state index in [1.165, 1.54) is 0 Å². The van der Waals surface area contributed by atoms with Crippen molar-refractivity contribution in [1.29, 1.82) is 0 Å². The van der Waals surface area contributed by atoms with Crippen molar-refractivity contribution in [3.8, 4) is 0 Å². The van der Waals surface area contributed by atoms with Gasteiger partial charge in [0.1, 0.15) is 5.25 Å². The van der Waals surface area contributed by atoms with E-state index in [-0.39, 0.29) is 36.6 Å². The van der Waals surface area contributed by atoms with Gasteiger partial charge in [0.05, 0.1) is 12.3 Å². The SMILES string of the molecule is CCc1ccccc1N1C(=O)SC(CC(=O)NCCO)C1=O. The molecule has 1 unspecified atom stereocenters. The second kappa shape index (κ2) is 7.42. The van der Waals surface area contributed by atoms with E-state index < -0.39 is 5.25 Å². The van der Waals surface area contributed by atoms with Gasteiger partial charge < -0.3 is 10.4 Å². The molecule has 7 heteroatoms. The number of aliphatic hydroxyl groups excluding tert-OH is 1. The maximum Gasteiger partial charge on any atom is 0.293 e. The minimum absolute atomic E-state index is 0.0694. The lowest BCUT2D eigenvalue weighted by molar-refractivity contribution is -0.124. The lowest BCUT2D eigenvalue weighted by Gasteiger charge is -2.17. The van der Waals surface area contributed by atoms with E-state index in [4.69, 9.17) is 5.11 Å². The number of rotatable bonds is 6. The number of aliphatic hydroxyl groups is 1. The lowest BCUT2D eigenvalue weighted by Crippen LogP contribution is -2.35. The van der Waals surface area contributed by atoms with E-state index in [1.54, 1.807) is 12.1 Å². The van der Waals surface area contributed by atoms with Gasteiger partial charge in [-0.2, -0.15) is 0 Å². The van der Waals surface area contributed by atoms with Crippen LogP contribution in [0.3, 0.4) is 0 Å². The number of anilines is 1. The summed E-state index contributed by atoms with van der Waals surface area (Å²) >= 11 is 0.872. The smallest absolute Gasteiger partial charge is 0.293 e. The van der Waals surface area contributed by atoms with Gasteiger partial charge in [-0.05, 0) is 29.8 Å². The normalized spacial score (nSPS) is 17.9. The van der Waals surface area contributed by atoms with Crippen LogP contribution in [0.1, 0.15) is 18.9 Å². The van der Waals surface area contributed by atoms with Crippen molar-refractivity contribution in [2.45, 2.75) is 25.0 Å². The van der Waals surface area contributed by atoms with E-state index in [9.17, 15) is 14.4 Å². The molecule has 1 heterocycles. The maximum absolute atomic E-state index is 12.4. The molecule has 0 bridgehead atoms. The molecule has 0 aromatic heterocycles. The first-order valence-corrected chi connectivity index (χ1v) is 7.96. The van der Waals surface area contributed by atoms with Gasteiger partial charge in [-0.25, -0.2) is 4.90 Å². The van der Waals surface area contributed by atoms with Crippen molar-refractivity contribution in [3.63, 3.8) is 0 Å². The molecule has 0 aliphatic carbocycles. The number of carbonyl (C=O) groups is 3. The number of carbonyl (C=O) groups excluding carboxylic acids is 3. The van der Waals surface area contributed by atoms with Crippen molar-refractivity contribution < 1.29 is 19.5 Å². The largest absolute Gasteiger partial charge is 0.395 e. The molecule has 2 N–H and O–H groups in total.